The third kappa shape index (κ3) is 4.75. The topological polar surface area (TPSA) is 61.2 Å². The van der Waals surface area contributed by atoms with Crippen LogP contribution < -0.4 is 14.8 Å². The minimum absolute atomic E-state index is 0.523. The highest BCUT2D eigenvalue weighted by Gasteiger charge is 2.04. The molecule has 6 nitrogen and oxygen atoms in total. The molecule has 0 bridgehead atoms. The number of nitrogens with one attached hydrogen (secondary N) is 1. The van der Waals surface area contributed by atoms with Crippen molar-refractivity contribution in [3.63, 3.8) is 0 Å². The Morgan fingerprint density at radius 1 is 1.14 bits per heavy atom. The molecule has 1 aromatic carbocycles. The maximum atomic E-state index is 5.78. The van der Waals surface area contributed by atoms with Crippen LogP contribution in [0, 0.1) is 0 Å². The molecule has 0 aliphatic carbocycles. The van der Waals surface area contributed by atoms with Crippen molar-refractivity contribution in [2.45, 2.75) is 26.4 Å². The van der Waals surface area contributed by atoms with Crippen LogP contribution in [0.3, 0.4) is 0 Å². The van der Waals surface area contributed by atoms with Gasteiger partial charge in [-0.2, -0.15) is 0 Å². The number of para-hydroxylation sites is 2. The van der Waals surface area contributed by atoms with E-state index in [1.165, 1.54) is 0 Å². The number of ether oxygens (including phenoxy) is 2. The molecule has 6 heteroatoms. The Morgan fingerprint density at radius 2 is 1.86 bits per heavy atom. The molecule has 2 aromatic rings. The first kappa shape index (κ1) is 15.3. The van der Waals surface area contributed by atoms with Crippen LogP contribution in [0.25, 0.3) is 0 Å². The highest BCUT2D eigenvalue weighted by molar-refractivity contribution is 5.39. The number of benzene rings is 1. The maximum absolute atomic E-state index is 5.78. The van der Waals surface area contributed by atoms with E-state index >= 15 is 0 Å². The van der Waals surface area contributed by atoms with Gasteiger partial charge in [0.05, 0.1) is 18.8 Å². The van der Waals surface area contributed by atoms with Crippen LogP contribution in [0.2, 0.25) is 0 Å². The van der Waals surface area contributed by atoms with E-state index in [1.54, 1.807) is 4.68 Å². The lowest BCUT2D eigenvalue weighted by atomic mass is 10.3. The van der Waals surface area contributed by atoms with E-state index in [0.717, 1.165) is 23.6 Å². The largest absolute Gasteiger partial charge is 0.490 e. The summed E-state index contributed by atoms with van der Waals surface area (Å²) in [7, 11) is 1.88. The molecule has 21 heavy (non-hydrogen) atoms. The first-order valence-electron chi connectivity index (χ1n) is 7.21. The zero-order chi connectivity index (χ0) is 14.9. The number of hydrogen-bond donors (Lipinski definition) is 1. The van der Waals surface area contributed by atoms with Gasteiger partial charge >= 0.3 is 0 Å². The van der Waals surface area contributed by atoms with Crippen molar-refractivity contribution in [1.82, 2.24) is 20.3 Å². The Morgan fingerprint density at radius 3 is 2.52 bits per heavy atom. The second-order valence-electron chi connectivity index (χ2n) is 4.65. The fraction of sp³-hybridized carbons (Fsp3) is 0.467. The Hall–Kier alpha value is -2.08. The third-order valence-electron chi connectivity index (χ3n) is 2.83. The third-order valence-corrected chi connectivity index (χ3v) is 2.83. The maximum Gasteiger partial charge on any atom is 0.161 e. The van der Waals surface area contributed by atoms with Crippen LogP contribution in [-0.2, 0) is 13.1 Å². The second-order valence-corrected chi connectivity index (χ2v) is 4.65. The lowest BCUT2D eigenvalue weighted by Crippen LogP contribution is -2.09. The molecule has 0 atom stereocenters. The van der Waals surface area contributed by atoms with Crippen molar-refractivity contribution in [2.24, 2.45) is 0 Å². The van der Waals surface area contributed by atoms with Crippen LogP contribution in [0.4, 0.5) is 0 Å². The normalized spacial score (nSPS) is 10.6. The minimum atomic E-state index is 0.523. The van der Waals surface area contributed by atoms with E-state index in [4.69, 9.17) is 9.47 Å². The first-order valence-corrected chi connectivity index (χ1v) is 7.21. The summed E-state index contributed by atoms with van der Waals surface area (Å²) in [5.41, 5.74) is 0.921. The molecule has 0 saturated carbocycles. The highest BCUT2D eigenvalue weighted by Crippen LogP contribution is 2.26. The molecule has 0 aliphatic rings. The smallest absolute Gasteiger partial charge is 0.161 e. The van der Waals surface area contributed by atoms with E-state index in [1.807, 2.05) is 37.5 Å². The van der Waals surface area contributed by atoms with Crippen molar-refractivity contribution in [3.8, 4) is 11.5 Å². The predicted octanol–water partition coefficient (Wildman–Crippen LogP) is 1.87. The Bertz CT molecular complexity index is 542. The van der Waals surface area contributed by atoms with E-state index in [9.17, 15) is 0 Å². The molecule has 0 unspecified atom stereocenters. The van der Waals surface area contributed by atoms with E-state index < -0.39 is 0 Å². The zero-order valence-electron chi connectivity index (χ0n) is 12.6. The summed E-state index contributed by atoms with van der Waals surface area (Å²) >= 11 is 0. The van der Waals surface area contributed by atoms with Crippen LogP contribution >= 0.6 is 0 Å². The minimum Gasteiger partial charge on any atom is -0.490 e. The summed E-state index contributed by atoms with van der Waals surface area (Å²) in [6.45, 7) is 4.66. The standard InChI is InChI=1S/C15H22N4O2/c1-3-9-20-14-6-4-5-7-15(14)21-10-8-19-12-13(11-16-2)17-18-19/h4-7,12,16H,3,8-11H2,1-2H3. The number of hydrogen-bond acceptors (Lipinski definition) is 5. The average molecular weight is 290 g/mol. The van der Waals surface area contributed by atoms with Crippen molar-refractivity contribution < 1.29 is 9.47 Å². The lowest BCUT2D eigenvalue weighted by Gasteiger charge is -2.11. The molecular weight excluding hydrogens is 268 g/mol. The van der Waals surface area contributed by atoms with Gasteiger partial charge in [0.15, 0.2) is 11.5 Å². The van der Waals surface area contributed by atoms with Gasteiger partial charge in [-0.25, -0.2) is 4.68 Å². The molecular formula is C15H22N4O2. The molecule has 0 aliphatic heterocycles. The van der Waals surface area contributed by atoms with Gasteiger partial charge in [-0.1, -0.05) is 24.3 Å². The Labute approximate surface area is 125 Å². The van der Waals surface area contributed by atoms with Gasteiger partial charge in [-0.05, 0) is 25.6 Å². The van der Waals surface area contributed by atoms with E-state index in [0.29, 0.717) is 26.3 Å². The summed E-state index contributed by atoms with van der Waals surface area (Å²) in [5, 5.41) is 11.2. The van der Waals surface area contributed by atoms with Crippen molar-refractivity contribution in [2.75, 3.05) is 20.3 Å². The molecule has 2 rings (SSSR count). The van der Waals surface area contributed by atoms with Crippen LogP contribution in [-0.4, -0.2) is 35.3 Å². The molecule has 1 aromatic heterocycles. The van der Waals surface area contributed by atoms with Gasteiger partial charge in [0.1, 0.15) is 6.61 Å². The molecule has 0 radical (unpaired) electrons. The van der Waals surface area contributed by atoms with E-state index in [-0.39, 0.29) is 0 Å². The SMILES string of the molecule is CCCOc1ccccc1OCCn1cc(CNC)nn1. The molecule has 0 fully saturated rings. The number of rotatable bonds is 9. The second kappa shape index (κ2) is 8.26. The monoisotopic (exact) mass is 290 g/mol. The van der Waals surface area contributed by atoms with E-state index in [2.05, 4.69) is 22.6 Å². The molecule has 114 valence electrons. The van der Waals surface area contributed by atoms with Crippen LogP contribution in [0.15, 0.2) is 30.5 Å². The fourth-order valence-corrected chi connectivity index (χ4v) is 1.86. The fourth-order valence-electron chi connectivity index (χ4n) is 1.86. The van der Waals surface area contributed by atoms with Gasteiger partial charge in [0, 0.05) is 12.7 Å². The van der Waals surface area contributed by atoms with Gasteiger partial charge in [-0.15, -0.1) is 5.10 Å². The summed E-state index contributed by atoms with van der Waals surface area (Å²) in [5.74, 6) is 1.55. The molecule has 1 heterocycles. The van der Waals surface area contributed by atoms with Gasteiger partial charge in [0.2, 0.25) is 0 Å². The number of nitrogens with zero attached hydrogens (tertiary/aromatic N) is 3. The van der Waals surface area contributed by atoms with Gasteiger partial charge in [-0.3, -0.25) is 0 Å². The van der Waals surface area contributed by atoms with Crippen molar-refractivity contribution in [3.05, 3.63) is 36.2 Å². The van der Waals surface area contributed by atoms with Crippen LogP contribution in [0.1, 0.15) is 19.0 Å². The number of aromatic nitrogens is 3. The summed E-state index contributed by atoms with van der Waals surface area (Å²) in [6.07, 6.45) is 2.89. The lowest BCUT2D eigenvalue weighted by molar-refractivity contribution is 0.255. The summed E-state index contributed by atoms with van der Waals surface area (Å²) < 4.78 is 13.2. The summed E-state index contributed by atoms with van der Waals surface area (Å²) in [6, 6.07) is 7.72. The van der Waals surface area contributed by atoms with Crippen molar-refractivity contribution in [1.29, 1.82) is 0 Å². The molecule has 0 spiro atoms. The Kier molecular flexibility index (Phi) is 6.02. The first-order chi connectivity index (χ1) is 10.3. The molecule has 1 N–H and O–H groups in total. The quantitative estimate of drug-likeness (QED) is 0.764. The Balaban J connectivity index is 1.84. The zero-order valence-corrected chi connectivity index (χ0v) is 12.6. The van der Waals surface area contributed by atoms with Crippen LogP contribution in [0.5, 0.6) is 11.5 Å². The average Bonchev–Trinajstić information content (AvgIpc) is 2.94. The van der Waals surface area contributed by atoms with Crippen molar-refractivity contribution >= 4 is 0 Å². The molecule has 0 amide bonds. The van der Waals surface area contributed by atoms with Gasteiger partial charge in [0.25, 0.3) is 0 Å². The predicted molar refractivity (Wildman–Crippen MR) is 80.5 cm³/mol. The molecule has 0 saturated heterocycles. The summed E-state index contributed by atoms with van der Waals surface area (Å²) in [4.78, 5) is 0. The highest BCUT2D eigenvalue weighted by atomic mass is 16.5. The van der Waals surface area contributed by atoms with Gasteiger partial charge < -0.3 is 14.8 Å².